The molecule has 0 saturated carbocycles. The first kappa shape index (κ1) is 12.0. The lowest BCUT2D eigenvalue weighted by atomic mass is 10.8. The van der Waals surface area contributed by atoms with Crippen LogP contribution in [0.15, 0.2) is 0 Å². The van der Waals surface area contributed by atoms with E-state index < -0.39 is 3.12 Å². The Kier molecular flexibility index (Phi) is 6.18. The molecule has 0 aromatic rings. The van der Waals surface area contributed by atoms with Gasteiger partial charge in [-0.2, -0.15) is 0 Å². The summed E-state index contributed by atoms with van der Waals surface area (Å²) in [7, 11) is 3.44. The number of esters is 1. The van der Waals surface area contributed by atoms with E-state index in [1.54, 1.807) is 0 Å². The van der Waals surface area contributed by atoms with Gasteiger partial charge in [0, 0.05) is 0 Å². The van der Waals surface area contributed by atoms with Crippen LogP contribution in [0.1, 0.15) is 0 Å². The first-order valence-corrected chi connectivity index (χ1v) is 5.85. The molecule has 0 spiro atoms. The lowest BCUT2D eigenvalue weighted by molar-refractivity contribution is -0.137. The van der Waals surface area contributed by atoms with Crippen molar-refractivity contribution < 1.29 is 9.53 Å². The van der Waals surface area contributed by atoms with Crippen LogP contribution in [0.4, 0.5) is 0 Å². The van der Waals surface area contributed by atoms with Crippen LogP contribution in [-0.2, 0) is 9.53 Å². The van der Waals surface area contributed by atoms with Crippen LogP contribution in [0.5, 0.6) is 0 Å². The number of alkyl halides is 3. The third-order valence-electron chi connectivity index (χ3n) is 0.558. The second kappa shape index (κ2) is 5.65. The van der Waals surface area contributed by atoms with E-state index in [-0.39, 0.29) is 11.7 Å². The molecule has 0 aromatic carbocycles. The average Bonchev–Trinajstić information content (AvgIpc) is 1.85. The van der Waals surface area contributed by atoms with Crippen LogP contribution in [0.2, 0.25) is 0 Å². The number of hydrogen-bond donors (Lipinski definition) is 0. The molecule has 0 aromatic heterocycles. The fourth-order valence-electron chi connectivity index (χ4n) is 0.203. The van der Waals surface area contributed by atoms with E-state index in [4.69, 9.17) is 34.8 Å². The van der Waals surface area contributed by atoms with Crippen molar-refractivity contribution in [3.63, 3.8) is 0 Å². The molecule has 66 valence electrons. The molecule has 0 bridgehead atoms. The molecule has 0 radical (unpaired) electrons. The van der Waals surface area contributed by atoms with Crippen molar-refractivity contribution >= 4 is 62.4 Å². The summed E-state index contributed by atoms with van der Waals surface area (Å²) in [6, 6.07) is 0. The molecule has 0 heterocycles. The van der Waals surface area contributed by atoms with Crippen molar-refractivity contribution in [2.24, 2.45) is 0 Å². The molecule has 2 nitrogen and oxygen atoms in total. The predicted molar refractivity (Wildman–Crippen MR) is 52.4 cm³/mol. The van der Waals surface area contributed by atoms with Crippen LogP contribution >= 0.6 is 56.4 Å². The Labute approximate surface area is 87.7 Å². The monoisotopic (exact) mass is 254 g/mol. The Morgan fingerprint density at radius 1 is 1.55 bits per heavy atom. The van der Waals surface area contributed by atoms with Crippen LogP contribution in [0, 0.1) is 0 Å². The van der Waals surface area contributed by atoms with Crippen LogP contribution in [0.25, 0.3) is 0 Å². The third kappa shape index (κ3) is 8.95. The maximum Gasteiger partial charge on any atom is 0.316 e. The van der Waals surface area contributed by atoms with Gasteiger partial charge in [0.2, 0.25) is 3.12 Å². The summed E-state index contributed by atoms with van der Waals surface area (Å²) in [5.74, 6) is -0.161. The average molecular weight is 256 g/mol. The molecule has 11 heavy (non-hydrogen) atoms. The molecule has 0 aliphatic rings. The molecular formula is C4H5Cl3O2S2. The van der Waals surface area contributed by atoms with Gasteiger partial charge in [0.15, 0.2) is 0 Å². The van der Waals surface area contributed by atoms with Gasteiger partial charge in [-0.15, -0.1) is 0 Å². The zero-order valence-electron chi connectivity index (χ0n) is 5.47. The molecule has 0 aliphatic heterocycles. The summed E-state index contributed by atoms with van der Waals surface area (Å²) in [6.45, 7) is 0. The Balaban J connectivity index is 3.35. The number of halogens is 3. The highest BCUT2D eigenvalue weighted by atomic mass is 35.6. The highest BCUT2D eigenvalue weighted by Gasteiger charge is 2.21. The van der Waals surface area contributed by atoms with E-state index in [1.165, 1.54) is 7.11 Å². The number of ether oxygens (including phenoxy) is 1. The van der Waals surface area contributed by atoms with E-state index in [0.717, 1.165) is 21.6 Å². The summed E-state index contributed by atoms with van der Waals surface area (Å²) in [4.78, 5) is 10.5. The lowest BCUT2D eigenvalue weighted by Gasteiger charge is -2.07. The van der Waals surface area contributed by atoms with E-state index in [9.17, 15) is 4.79 Å². The molecule has 7 heteroatoms. The smallest absolute Gasteiger partial charge is 0.316 e. The maximum atomic E-state index is 10.5. The lowest BCUT2D eigenvalue weighted by Crippen LogP contribution is -2.03. The number of carbonyl (C=O) groups excluding carboxylic acids is 1. The number of carbonyl (C=O) groups is 1. The van der Waals surface area contributed by atoms with Gasteiger partial charge in [0.1, 0.15) is 5.75 Å². The van der Waals surface area contributed by atoms with Gasteiger partial charge in [0.05, 0.1) is 7.11 Å². The standard InChI is InChI=1S/C4H5Cl3O2S2/c1-9-3(8)2-10-11-4(5,6)7/h2H2,1H3. The van der Waals surface area contributed by atoms with Gasteiger partial charge in [-0.25, -0.2) is 0 Å². The Hall–Kier alpha value is 1.04. The van der Waals surface area contributed by atoms with E-state index >= 15 is 0 Å². The Bertz CT molecular complexity index is 136. The zero-order valence-corrected chi connectivity index (χ0v) is 9.37. The van der Waals surface area contributed by atoms with Crippen molar-refractivity contribution in [3.8, 4) is 0 Å². The van der Waals surface area contributed by atoms with Gasteiger partial charge < -0.3 is 4.74 Å². The topological polar surface area (TPSA) is 26.3 Å². The van der Waals surface area contributed by atoms with Crippen molar-refractivity contribution in [2.45, 2.75) is 3.12 Å². The molecule has 0 atom stereocenters. The molecule has 0 fully saturated rings. The van der Waals surface area contributed by atoms with Gasteiger partial charge in [0.25, 0.3) is 0 Å². The minimum Gasteiger partial charge on any atom is -0.468 e. The van der Waals surface area contributed by atoms with Gasteiger partial charge in [-0.1, -0.05) is 45.6 Å². The molecule has 0 amide bonds. The summed E-state index contributed by atoms with van der Waals surface area (Å²) < 4.78 is 2.99. The number of methoxy groups -OCH3 is 1. The minimum atomic E-state index is -1.38. The SMILES string of the molecule is COC(=O)CSSC(Cl)(Cl)Cl. The van der Waals surface area contributed by atoms with Gasteiger partial charge >= 0.3 is 5.97 Å². The largest absolute Gasteiger partial charge is 0.468 e. The first-order valence-electron chi connectivity index (χ1n) is 2.40. The van der Waals surface area contributed by atoms with Crippen molar-refractivity contribution in [1.82, 2.24) is 0 Å². The van der Waals surface area contributed by atoms with Crippen molar-refractivity contribution in [3.05, 3.63) is 0 Å². The maximum absolute atomic E-state index is 10.5. The Morgan fingerprint density at radius 3 is 2.45 bits per heavy atom. The summed E-state index contributed by atoms with van der Waals surface area (Å²) in [5, 5.41) is 0. The van der Waals surface area contributed by atoms with Crippen LogP contribution < -0.4 is 0 Å². The summed E-state index contributed by atoms with van der Waals surface area (Å²) in [5.41, 5.74) is 0. The molecule has 0 aliphatic carbocycles. The number of hydrogen-bond acceptors (Lipinski definition) is 4. The normalized spacial score (nSPS) is 11.3. The van der Waals surface area contributed by atoms with E-state index in [1.807, 2.05) is 0 Å². The van der Waals surface area contributed by atoms with E-state index in [2.05, 4.69) is 4.74 Å². The number of rotatable bonds is 3. The first-order chi connectivity index (χ1) is 4.95. The highest BCUT2D eigenvalue weighted by Crippen LogP contribution is 2.45. The predicted octanol–water partition coefficient (Wildman–Crippen LogP) is 2.87. The summed E-state index contributed by atoms with van der Waals surface area (Å²) in [6.07, 6.45) is 0. The molecule has 0 N–H and O–H groups in total. The fraction of sp³-hybridized carbons (Fsp3) is 0.750. The van der Waals surface area contributed by atoms with E-state index in [0.29, 0.717) is 0 Å². The summed E-state index contributed by atoms with van der Waals surface area (Å²) >= 11 is 16.1. The van der Waals surface area contributed by atoms with Gasteiger partial charge in [-0.3, -0.25) is 4.79 Å². The molecule has 0 saturated heterocycles. The van der Waals surface area contributed by atoms with Crippen molar-refractivity contribution in [1.29, 1.82) is 0 Å². The Morgan fingerprint density at radius 2 is 2.09 bits per heavy atom. The van der Waals surface area contributed by atoms with Crippen molar-refractivity contribution in [2.75, 3.05) is 12.9 Å². The second-order valence-electron chi connectivity index (χ2n) is 1.37. The minimum absolute atomic E-state index is 0.176. The molecule has 0 unspecified atom stereocenters. The fourth-order valence-corrected chi connectivity index (χ4v) is 2.68. The van der Waals surface area contributed by atoms with Gasteiger partial charge in [-0.05, 0) is 10.8 Å². The van der Waals surface area contributed by atoms with Crippen LogP contribution in [0.3, 0.4) is 0 Å². The van der Waals surface area contributed by atoms with Crippen LogP contribution in [-0.4, -0.2) is 22.0 Å². The zero-order chi connectivity index (χ0) is 8.91. The molecular weight excluding hydrogens is 251 g/mol. The third-order valence-corrected chi connectivity index (χ3v) is 4.19. The molecule has 0 rings (SSSR count). The second-order valence-corrected chi connectivity index (χ2v) is 6.83. The quantitative estimate of drug-likeness (QED) is 0.440. The highest BCUT2D eigenvalue weighted by molar-refractivity contribution is 8.78.